The van der Waals surface area contributed by atoms with Crippen molar-refractivity contribution >= 4 is 5.65 Å². The molecule has 0 unspecified atom stereocenters. The van der Waals surface area contributed by atoms with Gasteiger partial charge in [-0.15, -0.1) is 0 Å². The van der Waals surface area contributed by atoms with E-state index in [1.807, 2.05) is 24.4 Å². The molecule has 2 heterocycles. The van der Waals surface area contributed by atoms with Crippen molar-refractivity contribution in [1.82, 2.24) is 14.6 Å². The van der Waals surface area contributed by atoms with Crippen molar-refractivity contribution in [2.45, 2.75) is 26.7 Å². The minimum absolute atomic E-state index is 0.524. The second kappa shape index (κ2) is 3.70. The van der Waals surface area contributed by atoms with Crippen molar-refractivity contribution in [1.29, 1.82) is 5.26 Å². The SMILES string of the molecule is Cc1nc2ccnn2c(C)c1CCC#N. The van der Waals surface area contributed by atoms with E-state index in [1.165, 1.54) is 0 Å². The summed E-state index contributed by atoms with van der Waals surface area (Å²) < 4.78 is 1.82. The van der Waals surface area contributed by atoms with Crippen molar-refractivity contribution < 1.29 is 0 Å². The highest BCUT2D eigenvalue weighted by Crippen LogP contribution is 2.15. The smallest absolute Gasteiger partial charge is 0.155 e. The molecule has 76 valence electrons. The molecule has 0 N–H and O–H groups in total. The van der Waals surface area contributed by atoms with Crippen molar-refractivity contribution in [3.8, 4) is 6.07 Å². The Bertz CT molecular complexity index is 533. The lowest BCUT2D eigenvalue weighted by Crippen LogP contribution is -2.05. The zero-order valence-corrected chi connectivity index (χ0v) is 8.86. The summed E-state index contributed by atoms with van der Waals surface area (Å²) in [4.78, 5) is 4.44. The van der Waals surface area contributed by atoms with Gasteiger partial charge in [0.15, 0.2) is 5.65 Å². The van der Waals surface area contributed by atoms with Crippen LogP contribution in [0.3, 0.4) is 0 Å². The molecular formula is C11H12N4. The van der Waals surface area contributed by atoms with Gasteiger partial charge < -0.3 is 0 Å². The minimum Gasteiger partial charge on any atom is -0.234 e. The molecule has 0 aliphatic heterocycles. The highest BCUT2D eigenvalue weighted by Gasteiger charge is 2.08. The normalized spacial score (nSPS) is 10.5. The Balaban J connectivity index is 2.57. The fourth-order valence-corrected chi connectivity index (χ4v) is 1.81. The number of fused-ring (bicyclic) bond motifs is 1. The molecule has 0 fully saturated rings. The van der Waals surface area contributed by atoms with Crippen LogP contribution in [0, 0.1) is 25.2 Å². The van der Waals surface area contributed by atoms with Gasteiger partial charge in [0.2, 0.25) is 0 Å². The van der Waals surface area contributed by atoms with Crippen LogP contribution in [0.15, 0.2) is 12.3 Å². The molecule has 0 amide bonds. The summed E-state index contributed by atoms with van der Waals surface area (Å²) in [5, 5.41) is 12.8. The lowest BCUT2D eigenvalue weighted by Gasteiger charge is -2.08. The van der Waals surface area contributed by atoms with Crippen LogP contribution >= 0.6 is 0 Å². The third-order valence-corrected chi connectivity index (χ3v) is 2.58. The van der Waals surface area contributed by atoms with E-state index in [0.29, 0.717) is 6.42 Å². The molecule has 2 aromatic rings. The van der Waals surface area contributed by atoms with Crippen LogP contribution in [0.2, 0.25) is 0 Å². The highest BCUT2D eigenvalue weighted by atomic mass is 15.2. The number of aryl methyl sites for hydroxylation is 2. The number of nitriles is 1. The maximum atomic E-state index is 8.59. The van der Waals surface area contributed by atoms with Crippen LogP contribution in [-0.4, -0.2) is 14.6 Å². The molecule has 2 aromatic heterocycles. The number of rotatable bonds is 2. The van der Waals surface area contributed by atoms with Gasteiger partial charge in [0, 0.05) is 23.9 Å². The van der Waals surface area contributed by atoms with Crippen molar-refractivity contribution in [2.24, 2.45) is 0 Å². The standard InChI is InChI=1S/C11H12N4/c1-8-10(4-3-6-12)9(2)15-11(14-8)5-7-13-15/h5,7H,3-4H2,1-2H3. The van der Waals surface area contributed by atoms with E-state index in [2.05, 4.69) is 16.2 Å². The average Bonchev–Trinajstić information content (AvgIpc) is 2.65. The molecule has 2 rings (SSSR count). The number of nitrogens with zero attached hydrogens (tertiary/aromatic N) is 4. The van der Waals surface area contributed by atoms with Crippen LogP contribution in [0.5, 0.6) is 0 Å². The maximum Gasteiger partial charge on any atom is 0.155 e. The summed E-state index contributed by atoms with van der Waals surface area (Å²) in [6, 6.07) is 4.04. The van der Waals surface area contributed by atoms with Crippen LogP contribution < -0.4 is 0 Å². The average molecular weight is 200 g/mol. The second-order valence-corrected chi connectivity index (χ2v) is 3.52. The number of hydrogen-bond acceptors (Lipinski definition) is 3. The second-order valence-electron chi connectivity index (χ2n) is 3.52. The molecule has 0 aromatic carbocycles. The third kappa shape index (κ3) is 1.57. The first kappa shape index (κ1) is 9.66. The fraction of sp³-hybridized carbons (Fsp3) is 0.364. The first-order valence-electron chi connectivity index (χ1n) is 4.91. The van der Waals surface area contributed by atoms with Crippen LogP contribution in [0.4, 0.5) is 0 Å². The van der Waals surface area contributed by atoms with Gasteiger partial charge in [-0.1, -0.05) is 0 Å². The molecule has 0 bridgehead atoms. The van der Waals surface area contributed by atoms with Crippen molar-refractivity contribution in [3.63, 3.8) is 0 Å². The Morgan fingerprint density at radius 2 is 2.27 bits per heavy atom. The molecule has 0 aliphatic rings. The number of hydrogen-bond donors (Lipinski definition) is 0. The van der Waals surface area contributed by atoms with E-state index in [9.17, 15) is 0 Å². The largest absolute Gasteiger partial charge is 0.234 e. The summed E-state index contributed by atoms with van der Waals surface area (Å²) in [6.45, 7) is 3.99. The van der Waals surface area contributed by atoms with E-state index < -0.39 is 0 Å². The molecule has 0 saturated carbocycles. The third-order valence-electron chi connectivity index (χ3n) is 2.58. The Labute approximate surface area is 88.2 Å². The van der Waals surface area contributed by atoms with Gasteiger partial charge in [0.1, 0.15) is 0 Å². The van der Waals surface area contributed by atoms with Gasteiger partial charge in [-0.05, 0) is 25.8 Å². The summed E-state index contributed by atoms with van der Waals surface area (Å²) in [5.41, 5.74) is 4.08. The zero-order chi connectivity index (χ0) is 10.8. The lowest BCUT2D eigenvalue weighted by atomic mass is 10.1. The van der Waals surface area contributed by atoms with Gasteiger partial charge in [0.05, 0.1) is 12.3 Å². The van der Waals surface area contributed by atoms with Crippen LogP contribution in [0.1, 0.15) is 23.4 Å². The quantitative estimate of drug-likeness (QED) is 0.742. The molecule has 0 atom stereocenters. The molecule has 0 saturated heterocycles. The van der Waals surface area contributed by atoms with Crippen molar-refractivity contribution in [3.05, 3.63) is 29.2 Å². The highest BCUT2D eigenvalue weighted by molar-refractivity contribution is 5.42. The van der Waals surface area contributed by atoms with E-state index >= 15 is 0 Å². The summed E-state index contributed by atoms with van der Waals surface area (Å²) in [7, 11) is 0. The molecule has 4 nitrogen and oxygen atoms in total. The van der Waals surface area contributed by atoms with Gasteiger partial charge in [-0.3, -0.25) is 0 Å². The molecule has 15 heavy (non-hydrogen) atoms. The van der Waals surface area contributed by atoms with Gasteiger partial charge >= 0.3 is 0 Å². The van der Waals surface area contributed by atoms with Crippen molar-refractivity contribution in [2.75, 3.05) is 0 Å². The summed E-state index contributed by atoms with van der Waals surface area (Å²) >= 11 is 0. The minimum atomic E-state index is 0.524. The molecular weight excluding hydrogens is 188 g/mol. The van der Waals surface area contributed by atoms with Crippen LogP contribution in [0.25, 0.3) is 5.65 Å². The van der Waals surface area contributed by atoms with Gasteiger partial charge in [0.25, 0.3) is 0 Å². The van der Waals surface area contributed by atoms with E-state index in [0.717, 1.165) is 29.0 Å². The fourth-order valence-electron chi connectivity index (χ4n) is 1.81. The van der Waals surface area contributed by atoms with E-state index in [1.54, 1.807) is 6.20 Å². The molecule has 4 heteroatoms. The summed E-state index contributed by atoms with van der Waals surface area (Å²) in [6.07, 6.45) is 3.01. The van der Waals surface area contributed by atoms with Gasteiger partial charge in [-0.25, -0.2) is 9.50 Å². The first-order chi connectivity index (χ1) is 7.24. The Morgan fingerprint density at radius 1 is 1.47 bits per heavy atom. The van der Waals surface area contributed by atoms with E-state index in [-0.39, 0.29) is 0 Å². The Morgan fingerprint density at radius 3 is 3.00 bits per heavy atom. The van der Waals surface area contributed by atoms with Gasteiger partial charge in [-0.2, -0.15) is 10.4 Å². The maximum absolute atomic E-state index is 8.59. The molecule has 0 spiro atoms. The predicted octanol–water partition coefficient (Wildman–Crippen LogP) is 1.80. The molecule has 0 aliphatic carbocycles. The molecule has 0 radical (unpaired) electrons. The monoisotopic (exact) mass is 200 g/mol. The van der Waals surface area contributed by atoms with Crippen LogP contribution in [-0.2, 0) is 6.42 Å². The zero-order valence-electron chi connectivity index (χ0n) is 8.86. The predicted molar refractivity (Wildman–Crippen MR) is 56.4 cm³/mol. The lowest BCUT2D eigenvalue weighted by molar-refractivity contribution is 0.836. The summed E-state index contributed by atoms with van der Waals surface area (Å²) in [5.74, 6) is 0. The Kier molecular flexibility index (Phi) is 2.38. The topological polar surface area (TPSA) is 54.0 Å². The Hall–Kier alpha value is -1.89. The number of aromatic nitrogens is 3. The first-order valence-corrected chi connectivity index (χ1v) is 4.91. The van der Waals surface area contributed by atoms with E-state index in [4.69, 9.17) is 5.26 Å².